The molecule has 1 saturated heterocycles. The van der Waals surface area contributed by atoms with Gasteiger partial charge in [0.05, 0.1) is 49.7 Å². The number of carbonyl (C=O) groups is 7. The van der Waals surface area contributed by atoms with Crippen LogP contribution in [0.2, 0.25) is 0 Å². The first-order valence-electron chi connectivity index (χ1n) is 39.3. The molecule has 14 N–H and O–H groups in total. The third-order valence-electron chi connectivity index (χ3n) is 17.2. The zero-order chi connectivity index (χ0) is 77.6. The molecule has 1 rings (SSSR count). The number of carbonyl (C=O) groups excluding carboxylic acids is 7. The summed E-state index contributed by atoms with van der Waals surface area (Å²) in [7, 11) is 1.59. The van der Waals surface area contributed by atoms with Crippen molar-refractivity contribution in [2.75, 3.05) is 79.3 Å². The Morgan fingerprint density at radius 1 is 0.373 bits per heavy atom. The summed E-state index contributed by atoms with van der Waals surface area (Å²) in [5, 5.41) is 46.8. The molecule has 7 unspecified atom stereocenters. The Balaban J connectivity index is 3.55. The number of amides is 7. The van der Waals surface area contributed by atoms with Crippen LogP contribution < -0.4 is 74.4 Å². The SMILES string of the molecule is COCCOCCNC(=O)C(CCCCNC(=O)C(CCCCNC(=O)C(CCCCNC(C)(C)C)NC(C)(C)C)NC(=O)C(CCCCNC(C)(C)C)NC(C)(C)C)NC(=O)C(CCCCNC(=O)C(CCCCNC(C)(C)C)NC(C)(C)C)N1C(=O)C(CCCCNC(C)(C)C)NC1(C)C. The van der Waals surface area contributed by atoms with Gasteiger partial charge in [0.1, 0.15) is 18.1 Å². The van der Waals surface area contributed by atoms with Crippen molar-refractivity contribution in [3.05, 3.63) is 0 Å². The lowest BCUT2D eigenvalue weighted by Gasteiger charge is -2.38. The van der Waals surface area contributed by atoms with E-state index in [0.29, 0.717) is 96.9 Å². The Hall–Kier alpha value is -4.11. The lowest BCUT2D eigenvalue weighted by Crippen LogP contribution is -2.59. The van der Waals surface area contributed by atoms with Crippen molar-refractivity contribution in [2.24, 2.45) is 0 Å². The Labute approximate surface area is 621 Å². The highest BCUT2D eigenvalue weighted by molar-refractivity contribution is 5.94. The number of nitrogens with one attached hydrogen (secondary N) is 14. The average Bonchev–Trinajstić information content (AvgIpc) is 1.62. The molecule has 7 atom stereocenters. The van der Waals surface area contributed by atoms with E-state index in [0.717, 1.165) is 77.5 Å². The monoisotopic (exact) mass is 1450 g/mol. The third-order valence-corrected chi connectivity index (χ3v) is 17.2. The Morgan fingerprint density at radius 3 is 1.03 bits per heavy atom. The van der Waals surface area contributed by atoms with Gasteiger partial charge in [-0.2, -0.15) is 0 Å². The van der Waals surface area contributed by atoms with Crippen LogP contribution in [0.3, 0.4) is 0 Å². The summed E-state index contributed by atoms with van der Waals surface area (Å²) in [6.07, 6.45) is 13.4. The van der Waals surface area contributed by atoms with Gasteiger partial charge in [0.25, 0.3) is 0 Å². The Kier molecular flexibility index (Phi) is 44.7. The number of hydrogen-bond acceptors (Lipinski definition) is 17. The molecule has 0 saturated carbocycles. The molecule has 7 amide bonds. The molecule has 102 heavy (non-hydrogen) atoms. The van der Waals surface area contributed by atoms with Crippen LogP contribution >= 0.6 is 0 Å². The molecule has 1 aliphatic heterocycles. The number of nitrogens with zero attached hydrogens (tertiary/aromatic N) is 1. The zero-order valence-corrected chi connectivity index (χ0v) is 69.3. The summed E-state index contributed by atoms with van der Waals surface area (Å²) in [4.78, 5) is 102. The van der Waals surface area contributed by atoms with Crippen molar-refractivity contribution >= 4 is 41.4 Å². The predicted octanol–water partition coefficient (Wildman–Crippen LogP) is 8.00. The van der Waals surface area contributed by atoms with Gasteiger partial charge in [-0.15, -0.1) is 0 Å². The average molecular weight is 1450 g/mol. The second-order valence-corrected chi connectivity index (χ2v) is 36.4. The summed E-state index contributed by atoms with van der Waals surface area (Å²) in [5.74, 6) is -1.77. The summed E-state index contributed by atoms with van der Waals surface area (Å²) in [6, 6.07) is -4.66. The summed E-state index contributed by atoms with van der Waals surface area (Å²) in [6.45, 7) is 53.4. The van der Waals surface area contributed by atoms with Crippen molar-refractivity contribution in [2.45, 2.75) is 381 Å². The van der Waals surface area contributed by atoms with Crippen molar-refractivity contribution in [3.8, 4) is 0 Å². The number of hydrogen-bond donors (Lipinski definition) is 14. The van der Waals surface area contributed by atoms with Crippen molar-refractivity contribution in [3.63, 3.8) is 0 Å². The van der Waals surface area contributed by atoms with Crippen molar-refractivity contribution in [1.82, 2.24) is 79.3 Å². The summed E-state index contributed by atoms with van der Waals surface area (Å²) in [5.41, 5.74) is -1.89. The molecule has 0 radical (unpaired) electrons. The van der Waals surface area contributed by atoms with Crippen LogP contribution in [0, 0.1) is 0 Å². The van der Waals surface area contributed by atoms with E-state index < -0.39 is 47.7 Å². The molecule has 0 aromatic rings. The highest BCUT2D eigenvalue weighted by Crippen LogP contribution is 2.29. The van der Waals surface area contributed by atoms with Crippen LogP contribution in [0.1, 0.15) is 294 Å². The fraction of sp³-hybridized carbons (Fsp3) is 0.910. The molecule has 1 heterocycles. The van der Waals surface area contributed by atoms with Gasteiger partial charge in [0.2, 0.25) is 41.4 Å². The largest absolute Gasteiger partial charge is 0.382 e. The topological polar surface area (TPSA) is 310 Å². The summed E-state index contributed by atoms with van der Waals surface area (Å²) < 4.78 is 10.8. The van der Waals surface area contributed by atoms with Crippen LogP contribution in [0.15, 0.2) is 0 Å². The molecule has 0 aliphatic carbocycles. The normalized spacial score (nSPS) is 16.6. The third kappa shape index (κ3) is 48.2. The Bertz CT molecular complexity index is 2380. The van der Waals surface area contributed by atoms with E-state index in [1.54, 1.807) is 12.0 Å². The molecule has 0 aromatic heterocycles. The van der Waals surface area contributed by atoms with E-state index in [9.17, 15) is 28.8 Å². The quantitative estimate of drug-likeness (QED) is 0.0257. The van der Waals surface area contributed by atoms with E-state index in [-0.39, 0.29) is 113 Å². The number of methoxy groups -OCH3 is 1. The Morgan fingerprint density at radius 2 is 0.676 bits per heavy atom. The summed E-state index contributed by atoms with van der Waals surface area (Å²) >= 11 is 0. The minimum absolute atomic E-state index is 0.0131. The predicted molar refractivity (Wildman–Crippen MR) is 418 cm³/mol. The highest BCUT2D eigenvalue weighted by atomic mass is 16.5. The number of ether oxygens (including phenoxy) is 2. The van der Waals surface area contributed by atoms with Gasteiger partial charge in [-0.25, -0.2) is 0 Å². The van der Waals surface area contributed by atoms with E-state index >= 15 is 4.79 Å². The van der Waals surface area contributed by atoms with Crippen LogP contribution in [-0.4, -0.2) is 212 Å². The maximum absolute atomic E-state index is 15.2. The molecule has 1 fully saturated rings. The molecule has 598 valence electrons. The molecular weight excluding hydrogens is 1290 g/mol. The molecule has 0 aromatic carbocycles. The van der Waals surface area contributed by atoms with E-state index in [2.05, 4.69) is 199 Å². The van der Waals surface area contributed by atoms with Gasteiger partial charge >= 0.3 is 0 Å². The molecule has 24 heteroatoms. The first-order chi connectivity index (χ1) is 47.1. The number of rotatable bonds is 53. The van der Waals surface area contributed by atoms with Crippen LogP contribution in [0.5, 0.6) is 0 Å². The molecule has 24 nitrogen and oxygen atoms in total. The molecular formula is C78H157N15O9. The maximum Gasteiger partial charge on any atom is 0.243 e. The van der Waals surface area contributed by atoms with Crippen LogP contribution in [0.25, 0.3) is 0 Å². The van der Waals surface area contributed by atoms with Gasteiger partial charge in [-0.1, -0.05) is 25.7 Å². The van der Waals surface area contributed by atoms with Crippen molar-refractivity contribution in [1.29, 1.82) is 0 Å². The van der Waals surface area contributed by atoms with Gasteiger partial charge in [0, 0.05) is 72.1 Å². The van der Waals surface area contributed by atoms with E-state index in [4.69, 9.17) is 9.47 Å². The van der Waals surface area contributed by atoms with Crippen LogP contribution in [-0.2, 0) is 43.0 Å². The fourth-order valence-corrected chi connectivity index (χ4v) is 12.3. The first kappa shape index (κ1) is 95.9. The molecule has 1 aliphatic rings. The second kappa shape index (κ2) is 47.5. The van der Waals surface area contributed by atoms with Gasteiger partial charge in [0.15, 0.2) is 0 Å². The minimum Gasteiger partial charge on any atom is -0.382 e. The molecule has 0 bridgehead atoms. The van der Waals surface area contributed by atoms with Gasteiger partial charge in [-0.05, 0) is 295 Å². The van der Waals surface area contributed by atoms with Crippen LogP contribution in [0.4, 0.5) is 0 Å². The van der Waals surface area contributed by atoms with Gasteiger partial charge < -0.3 is 83.5 Å². The minimum atomic E-state index is -1.01. The first-order valence-corrected chi connectivity index (χ1v) is 39.3. The fourth-order valence-electron chi connectivity index (χ4n) is 12.3. The standard InChI is InChI=1S/C78H157N15O9/c1-71(2,3)83-49-35-27-41-59(89-75(13,14)15)66(96)80-47-33-25-39-57(87-68(98)61(91-77(19,20)21)43-29-37-51-85-73(7,8)9)64(94)79-46-32-26-40-58(65(95)82-53-54-102-56-55-101-24)88-69(99)63(93-70(100)62(92-78(93,22)23)44-30-38-52-86-74(10,11)12)45-31-34-48-81-67(97)60(90-76(16,17)18)42-28-36-50-84-72(4,5)6/h57-63,83-86,89-92H,25-56H2,1-24H3,(H,79,94)(H,80,96)(H,81,97)(H,82,95)(H,87,98)(H,88,99). The zero-order valence-electron chi connectivity index (χ0n) is 69.3. The number of unbranched alkanes of at least 4 members (excludes halogenated alkanes) is 7. The van der Waals surface area contributed by atoms with E-state index in [1.807, 2.05) is 34.6 Å². The molecule has 0 spiro atoms. The second-order valence-electron chi connectivity index (χ2n) is 36.4. The lowest BCUT2D eigenvalue weighted by molar-refractivity contribution is -0.143. The highest BCUT2D eigenvalue weighted by Gasteiger charge is 2.49. The lowest BCUT2D eigenvalue weighted by atomic mass is 10.0. The smallest absolute Gasteiger partial charge is 0.243 e. The van der Waals surface area contributed by atoms with E-state index in [1.165, 1.54) is 0 Å². The van der Waals surface area contributed by atoms with Crippen molar-refractivity contribution < 1.29 is 43.0 Å². The maximum atomic E-state index is 15.2. The van der Waals surface area contributed by atoms with Gasteiger partial charge in [-0.3, -0.25) is 38.9 Å².